The first kappa shape index (κ1) is 21.3. The van der Waals surface area contributed by atoms with Gasteiger partial charge in [-0.1, -0.05) is 35.9 Å². The van der Waals surface area contributed by atoms with Crippen LogP contribution in [0.15, 0.2) is 83.8 Å². The highest BCUT2D eigenvalue weighted by molar-refractivity contribution is 7.92. The standard InChI is InChI=1S/C24H24N2O3S/c1-18-4-15-23(16-5-18)30(28,29)25-21-11-9-20(10-12-21)24(27)17-8-19-6-13-22(14-7-19)26(2)3/h4-17,25H,1-3H3/b17-8+. The summed E-state index contributed by atoms with van der Waals surface area (Å²) in [4.78, 5) is 14.6. The van der Waals surface area contributed by atoms with Crippen LogP contribution in [0.3, 0.4) is 0 Å². The van der Waals surface area contributed by atoms with Crippen molar-refractivity contribution in [3.05, 3.63) is 95.6 Å². The third-order valence-corrected chi connectivity index (χ3v) is 5.99. The number of carbonyl (C=O) groups excluding carboxylic acids is 1. The maximum atomic E-state index is 12.5. The van der Waals surface area contributed by atoms with Crippen LogP contribution in [0.1, 0.15) is 21.5 Å². The zero-order chi connectivity index (χ0) is 21.7. The summed E-state index contributed by atoms with van der Waals surface area (Å²) < 4.78 is 27.5. The Balaban J connectivity index is 1.67. The molecule has 6 heteroatoms. The third kappa shape index (κ3) is 5.36. The number of ketones is 1. The van der Waals surface area contributed by atoms with Crippen molar-refractivity contribution in [2.45, 2.75) is 11.8 Å². The summed E-state index contributed by atoms with van der Waals surface area (Å²) >= 11 is 0. The zero-order valence-electron chi connectivity index (χ0n) is 17.2. The van der Waals surface area contributed by atoms with Crippen molar-refractivity contribution < 1.29 is 13.2 Å². The number of nitrogens with zero attached hydrogens (tertiary/aromatic N) is 1. The Morgan fingerprint density at radius 2 is 1.47 bits per heavy atom. The first-order chi connectivity index (χ1) is 14.2. The number of anilines is 2. The van der Waals surface area contributed by atoms with Crippen molar-refractivity contribution in [1.82, 2.24) is 0 Å². The van der Waals surface area contributed by atoms with Gasteiger partial charge in [0.25, 0.3) is 10.0 Å². The Labute approximate surface area is 177 Å². The summed E-state index contributed by atoms with van der Waals surface area (Å²) in [6.45, 7) is 1.90. The lowest BCUT2D eigenvalue weighted by Gasteiger charge is -2.11. The Kier molecular flexibility index (Phi) is 6.37. The molecule has 0 bridgehead atoms. The van der Waals surface area contributed by atoms with Crippen LogP contribution in [0, 0.1) is 6.92 Å². The molecule has 0 unspecified atom stereocenters. The second kappa shape index (κ2) is 8.97. The number of hydrogen-bond donors (Lipinski definition) is 1. The van der Waals surface area contributed by atoms with Crippen molar-refractivity contribution in [2.75, 3.05) is 23.7 Å². The fourth-order valence-corrected chi connectivity index (χ4v) is 3.84. The average Bonchev–Trinajstić information content (AvgIpc) is 2.73. The van der Waals surface area contributed by atoms with Crippen LogP contribution < -0.4 is 9.62 Å². The highest BCUT2D eigenvalue weighted by atomic mass is 32.2. The number of rotatable bonds is 7. The van der Waals surface area contributed by atoms with Gasteiger partial charge in [-0.25, -0.2) is 8.42 Å². The van der Waals surface area contributed by atoms with E-state index in [0.717, 1.165) is 16.8 Å². The molecule has 5 nitrogen and oxygen atoms in total. The minimum absolute atomic E-state index is 0.153. The van der Waals surface area contributed by atoms with E-state index in [1.807, 2.05) is 50.2 Å². The molecule has 3 aromatic rings. The van der Waals surface area contributed by atoms with Crippen LogP contribution in [-0.2, 0) is 10.0 Å². The fraction of sp³-hybridized carbons (Fsp3) is 0.125. The molecule has 3 aromatic carbocycles. The summed E-state index contributed by atoms with van der Waals surface area (Å²) in [6, 6.07) is 20.9. The van der Waals surface area contributed by atoms with E-state index in [1.165, 1.54) is 6.08 Å². The maximum absolute atomic E-state index is 12.5. The normalized spacial score (nSPS) is 11.4. The molecule has 30 heavy (non-hydrogen) atoms. The molecule has 0 atom stereocenters. The second-order valence-corrected chi connectivity index (χ2v) is 8.86. The van der Waals surface area contributed by atoms with Crippen molar-refractivity contribution in [2.24, 2.45) is 0 Å². The first-order valence-corrected chi connectivity index (χ1v) is 10.9. The van der Waals surface area contributed by atoms with E-state index in [0.29, 0.717) is 11.3 Å². The molecule has 3 rings (SSSR count). The minimum Gasteiger partial charge on any atom is -0.378 e. The Bertz CT molecular complexity index is 1150. The Morgan fingerprint density at radius 3 is 2.03 bits per heavy atom. The van der Waals surface area contributed by atoms with Gasteiger partial charge in [0, 0.05) is 31.0 Å². The fourth-order valence-electron chi connectivity index (χ4n) is 2.79. The van der Waals surface area contributed by atoms with Gasteiger partial charge in [-0.3, -0.25) is 9.52 Å². The van der Waals surface area contributed by atoms with E-state index in [1.54, 1.807) is 54.6 Å². The molecular formula is C24H24N2O3S. The molecule has 0 aliphatic rings. The van der Waals surface area contributed by atoms with Gasteiger partial charge in [-0.05, 0) is 67.1 Å². The molecule has 0 aliphatic carbocycles. The monoisotopic (exact) mass is 420 g/mol. The van der Waals surface area contributed by atoms with Crippen LogP contribution >= 0.6 is 0 Å². The lowest BCUT2D eigenvalue weighted by Crippen LogP contribution is -2.13. The van der Waals surface area contributed by atoms with Gasteiger partial charge in [0.15, 0.2) is 5.78 Å². The SMILES string of the molecule is Cc1ccc(S(=O)(=O)Nc2ccc(C(=O)/C=C/c3ccc(N(C)C)cc3)cc2)cc1. The molecule has 0 aromatic heterocycles. The number of hydrogen-bond acceptors (Lipinski definition) is 4. The molecular weight excluding hydrogens is 396 g/mol. The molecule has 154 valence electrons. The van der Waals surface area contributed by atoms with E-state index in [9.17, 15) is 13.2 Å². The number of aryl methyl sites for hydroxylation is 1. The predicted octanol–water partition coefficient (Wildman–Crippen LogP) is 4.76. The zero-order valence-corrected chi connectivity index (χ0v) is 18.0. The lowest BCUT2D eigenvalue weighted by molar-refractivity contribution is 0.104. The predicted molar refractivity (Wildman–Crippen MR) is 123 cm³/mol. The van der Waals surface area contributed by atoms with Crippen LogP contribution in [0.2, 0.25) is 0 Å². The van der Waals surface area contributed by atoms with Crippen LogP contribution in [0.25, 0.3) is 6.08 Å². The van der Waals surface area contributed by atoms with Crippen molar-refractivity contribution in [3.63, 3.8) is 0 Å². The summed E-state index contributed by atoms with van der Waals surface area (Å²) in [6.07, 6.45) is 3.27. The highest BCUT2D eigenvalue weighted by Crippen LogP contribution is 2.18. The van der Waals surface area contributed by atoms with Gasteiger partial charge in [0.1, 0.15) is 0 Å². The summed E-state index contributed by atoms with van der Waals surface area (Å²) in [5, 5.41) is 0. The third-order valence-electron chi connectivity index (χ3n) is 4.59. The maximum Gasteiger partial charge on any atom is 0.261 e. The first-order valence-electron chi connectivity index (χ1n) is 9.44. The summed E-state index contributed by atoms with van der Waals surface area (Å²) in [5.74, 6) is -0.153. The number of carbonyl (C=O) groups is 1. The van der Waals surface area contributed by atoms with Gasteiger partial charge in [-0.15, -0.1) is 0 Å². The Hall–Kier alpha value is -3.38. The van der Waals surface area contributed by atoms with E-state index in [4.69, 9.17) is 0 Å². The van der Waals surface area contributed by atoms with E-state index in [-0.39, 0.29) is 10.7 Å². The van der Waals surface area contributed by atoms with Crippen molar-refractivity contribution >= 4 is 33.3 Å². The number of sulfonamides is 1. The molecule has 0 amide bonds. The van der Waals surface area contributed by atoms with E-state index in [2.05, 4.69) is 4.72 Å². The van der Waals surface area contributed by atoms with Gasteiger partial charge < -0.3 is 4.90 Å². The van der Waals surface area contributed by atoms with Crippen LogP contribution in [-0.4, -0.2) is 28.3 Å². The van der Waals surface area contributed by atoms with Crippen molar-refractivity contribution in [1.29, 1.82) is 0 Å². The second-order valence-electron chi connectivity index (χ2n) is 7.18. The number of allylic oxidation sites excluding steroid dienone is 1. The molecule has 0 fully saturated rings. The summed E-state index contributed by atoms with van der Waals surface area (Å²) in [7, 11) is 0.271. The molecule has 1 N–H and O–H groups in total. The van der Waals surface area contributed by atoms with Crippen LogP contribution in [0.4, 0.5) is 11.4 Å². The smallest absolute Gasteiger partial charge is 0.261 e. The quantitative estimate of drug-likeness (QED) is 0.442. The van der Waals surface area contributed by atoms with Gasteiger partial charge in [0.05, 0.1) is 4.90 Å². The largest absolute Gasteiger partial charge is 0.378 e. The topological polar surface area (TPSA) is 66.5 Å². The van der Waals surface area contributed by atoms with Gasteiger partial charge >= 0.3 is 0 Å². The highest BCUT2D eigenvalue weighted by Gasteiger charge is 2.14. The molecule has 0 spiro atoms. The minimum atomic E-state index is -3.67. The molecule has 0 radical (unpaired) electrons. The molecule has 0 saturated carbocycles. The van der Waals surface area contributed by atoms with Crippen LogP contribution in [0.5, 0.6) is 0 Å². The number of nitrogens with one attached hydrogen (secondary N) is 1. The summed E-state index contributed by atoms with van der Waals surface area (Å²) in [5.41, 5.74) is 3.88. The average molecular weight is 421 g/mol. The van der Waals surface area contributed by atoms with E-state index >= 15 is 0 Å². The van der Waals surface area contributed by atoms with E-state index < -0.39 is 10.0 Å². The lowest BCUT2D eigenvalue weighted by atomic mass is 10.1. The Morgan fingerprint density at radius 1 is 0.867 bits per heavy atom. The molecule has 0 heterocycles. The van der Waals surface area contributed by atoms with Crippen molar-refractivity contribution in [3.8, 4) is 0 Å². The van der Waals surface area contributed by atoms with Gasteiger partial charge in [-0.2, -0.15) is 0 Å². The molecule has 0 saturated heterocycles. The molecule has 0 aliphatic heterocycles. The number of benzene rings is 3. The van der Waals surface area contributed by atoms with Gasteiger partial charge in [0.2, 0.25) is 0 Å².